The molecule has 0 spiro atoms. The van der Waals surface area contributed by atoms with Crippen LogP contribution < -0.4 is 11.1 Å². The number of nitrogens with two attached hydrogens (primary N) is 1. The van der Waals surface area contributed by atoms with Gasteiger partial charge in [0.15, 0.2) is 0 Å². The molecule has 1 atom stereocenters. The maximum atomic E-state index is 11.6. The van der Waals surface area contributed by atoms with Crippen molar-refractivity contribution in [2.75, 3.05) is 19.0 Å². The summed E-state index contributed by atoms with van der Waals surface area (Å²) in [4.78, 5) is 11.6. The number of carbonyl (C=O) groups is 1. The van der Waals surface area contributed by atoms with Gasteiger partial charge in [-0.2, -0.15) is 0 Å². The summed E-state index contributed by atoms with van der Waals surface area (Å²) in [7, 11) is 1.53. The first-order valence-electron chi connectivity index (χ1n) is 4.94. The minimum atomic E-state index is -0.262. The van der Waals surface area contributed by atoms with Gasteiger partial charge in [0.1, 0.15) is 0 Å². The van der Waals surface area contributed by atoms with E-state index in [4.69, 9.17) is 22.1 Å². The van der Waals surface area contributed by atoms with Crippen molar-refractivity contribution in [2.45, 2.75) is 12.5 Å². The number of hydrogen-bond acceptors (Lipinski definition) is 3. The molecule has 0 bridgehead atoms. The average Bonchev–Trinajstić information content (AvgIpc) is 2.29. The van der Waals surface area contributed by atoms with Crippen LogP contribution in [0.4, 0.5) is 5.69 Å². The Labute approximate surface area is 99.7 Å². The van der Waals surface area contributed by atoms with Crippen LogP contribution in [-0.4, -0.2) is 25.7 Å². The minimum Gasteiger partial charge on any atom is -0.380 e. The molecule has 1 aromatic rings. The van der Waals surface area contributed by atoms with Crippen LogP contribution in [0.25, 0.3) is 0 Å². The Kier molecular flexibility index (Phi) is 5.25. The molecule has 0 fully saturated rings. The fourth-order valence-corrected chi connectivity index (χ4v) is 1.42. The number of ether oxygens (including phenoxy) is 1. The van der Waals surface area contributed by atoms with Crippen LogP contribution in [0, 0.1) is 0 Å². The molecule has 88 valence electrons. The van der Waals surface area contributed by atoms with Gasteiger partial charge in [-0.25, -0.2) is 0 Å². The number of amides is 1. The third-order valence-electron chi connectivity index (χ3n) is 2.16. The van der Waals surface area contributed by atoms with Gasteiger partial charge in [0, 0.05) is 13.7 Å². The summed E-state index contributed by atoms with van der Waals surface area (Å²) in [5, 5.41) is 3.21. The number of hydrogen-bond donors (Lipinski definition) is 2. The number of carbonyl (C=O) groups excluding carboxylic acids is 1. The summed E-state index contributed by atoms with van der Waals surface area (Å²) < 4.78 is 5.02. The molecule has 0 heterocycles. The molecule has 1 unspecified atom stereocenters. The van der Waals surface area contributed by atoms with Crippen molar-refractivity contribution in [3.63, 3.8) is 0 Å². The number of rotatable bonds is 5. The van der Waals surface area contributed by atoms with Crippen molar-refractivity contribution in [2.24, 2.45) is 5.73 Å². The van der Waals surface area contributed by atoms with E-state index < -0.39 is 0 Å². The molecule has 0 saturated carbocycles. The van der Waals surface area contributed by atoms with E-state index >= 15 is 0 Å². The highest BCUT2D eigenvalue weighted by Crippen LogP contribution is 2.20. The standard InChI is InChI=1S/C11H15ClN2O2/c1-16-8(7-13)6-11(15)14-10-5-3-2-4-9(10)12/h2-5,8H,6-7,13H2,1H3,(H,14,15). The van der Waals surface area contributed by atoms with Gasteiger partial charge in [0.25, 0.3) is 0 Å². The zero-order valence-electron chi connectivity index (χ0n) is 9.07. The predicted octanol–water partition coefficient (Wildman–Crippen LogP) is 1.64. The van der Waals surface area contributed by atoms with Crippen LogP contribution in [0.5, 0.6) is 0 Å². The van der Waals surface area contributed by atoms with Crippen LogP contribution in [0.2, 0.25) is 5.02 Å². The fraction of sp³-hybridized carbons (Fsp3) is 0.364. The first-order chi connectivity index (χ1) is 7.67. The highest BCUT2D eigenvalue weighted by atomic mass is 35.5. The van der Waals surface area contributed by atoms with Crippen molar-refractivity contribution in [1.29, 1.82) is 0 Å². The topological polar surface area (TPSA) is 64.3 Å². The van der Waals surface area contributed by atoms with E-state index in [1.807, 2.05) is 0 Å². The van der Waals surface area contributed by atoms with Gasteiger partial charge in [-0.15, -0.1) is 0 Å². The van der Waals surface area contributed by atoms with E-state index in [2.05, 4.69) is 5.32 Å². The number of halogens is 1. The summed E-state index contributed by atoms with van der Waals surface area (Å²) in [5.74, 6) is -0.162. The molecule has 1 rings (SSSR count). The summed E-state index contributed by atoms with van der Waals surface area (Å²) in [6.07, 6.45) is -0.0411. The molecule has 4 nitrogen and oxygen atoms in total. The highest BCUT2D eigenvalue weighted by Gasteiger charge is 2.12. The van der Waals surface area contributed by atoms with E-state index in [1.165, 1.54) is 7.11 Å². The van der Waals surface area contributed by atoms with E-state index in [-0.39, 0.29) is 18.4 Å². The monoisotopic (exact) mass is 242 g/mol. The SMILES string of the molecule is COC(CN)CC(=O)Nc1ccccc1Cl. The maximum absolute atomic E-state index is 11.6. The second-order valence-electron chi connectivity index (χ2n) is 3.33. The van der Waals surface area contributed by atoms with Gasteiger partial charge in [-0.05, 0) is 12.1 Å². The second-order valence-corrected chi connectivity index (χ2v) is 3.73. The van der Waals surface area contributed by atoms with E-state index in [1.54, 1.807) is 24.3 Å². The number of benzene rings is 1. The quantitative estimate of drug-likeness (QED) is 0.825. The molecule has 0 aliphatic rings. The largest absolute Gasteiger partial charge is 0.380 e. The van der Waals surface area contributed by atoms with Gasteiger partial charge in [-0.3, -0.25) is 4.79 Å². The highest BCUT2D eigenvalue weighted by molar-refractivity contribution is 6.33. The van der Waals surface area contributed by atoms with Crippen LogP contribution >= 0.6 is 11.6 Å². The van der Waals surface area contributed by atoms with Crippen molar-refractivity contribution in [3.05, 3.63) is 29.3 Å². The van der Waals surface area contributed by atoms with Crippen molar-refractivity contribution in [3.8, 4) is 0 Å². The molecular weight excluding hydrogens is 228 g/mol. The summed E-state index contributed by atoms with van der Waals surface area (Å²) in [6.45, 7) is 0.312. The first-order valence-corrected chi connectivity index (χ1v) is 5.32. The second kappa shape index (κ2) is 6.48. The molecule has 1 amide bonds. The molecule has 0 aromatic heterocycles. The number of anilines is 1. The molecule has 0 radical (unpaired) electrons. The molecule has 16 heavy (non-hydrogen) atoms. The zero-order chi connectivity index (χ0) is 12.0. The Bertz CT molecular complexity index is 354. The van der Waals surface area contributed by atoms with Crippen molar-refractivity contribution in [1.82, 2.24) is 0 Å². The lowest BCUT2D eigenvalue weighted by atomic mass is 10.2. The normalized spacial score (nSPS) is 12.2. The van der Waals surface area contributed by atoms with E-state index in [0.29, 0.717) is 17.3 Å². The Morgan fingerprint density at radius 3 is 2.81 bits per heavy atom. The molecule has 3 N–H and O–H groups in total. The lowest BCUT2D eigenvalue weighted by Gasteiger charge is -2.13. The fourth-order valence-electron chi connectivity index (χ4n) is 1.23. The Balaban J connectivity index is 2.55. The molecule has 0 saturated heterocycles. The van der Waals surface area contributed by atoms with E-state index in [9.17, 15) is 4.79 Å². The third-order valence-corrected chi connectivity index (χ3v) is 2.49. The van der Waals surface area contributed by atoms with Crippen LogP contribution in [-0.2, 0) is 9.53 Å². The average molecular weight is 243 g/mol. The number of para-hydroxylation sites is 1. The third kappa shape index (κ3) is 3.81. The smallest absolute Gasteiger partial charge is 0.227 e. The lowest BCUT2D eigenvalue weighted by Crippen LogP contribution is -2.28. The van der Waals surface area contributed by atoms with Gasteiger partial charge >= 0.3 is 0 Å². The van der Waals surface area contributed by atoms with Crippen LogP contribution in [0.3, 0.4) is 0 Å². The minimum absolute atomic E-state index is 0.162. The van der Waals surface area contributed by atoms with Crippen molar-refractivity contribution < 1.29 is 9.53 Å². The number of methoxy groups -OCH3 is 1. The van der Waals surface area contributed by atoms with Crippen molar-refractivity contribution >= 4 is 23.2 Å². The molecule has 1 aromatic carbocycles. The number of nitrogens with one attached hydrogen (secondary N) is 1. The maximum Gasteiger partial charge on any atom is 0.227 e. The zero-order valence-corrected chi connectivity index (χ0v) is 9.83. The molecule has 5 heteroatoms. The van der Waals surface area contributed by atoms with Gasteiger partial charge < -0.3 is 15.8 Å². The Morgan fingerprint density at radius 2 is 2.25 bits per heavy atom. The summed E-state index contributed by atoms with van der Waals surface area (Å²) in [5.41, 5.74) is 6.02. The summed E-state index contributed by atoms with van der Waals surface area (Å²) in [6, 6.07) is 7.06. The van der Waals surface area contributed by atoms with Crippen LogP contribution in [0.15, 0.2) is 24.3 Å². The predicted molar refractivity (Wildman–Crippen MR) is 64.6 cm³/mol. The van der Waals surface area contributed by atoms with Gasteiger partial charge in [0.2, 0.25) is 5.91 Å². The molecule has 0 aliphatic carbocycles. The lowest BCUT2D eigenvalue weighted by molar-refractivity contribution is -0.118. The first kappa shape index (κ1) is 13.0. The van der Waals surface area contributed by atoms with Crippen LogP contribution in [0.1, 0.15) is 6.42 Å². The summed E-state index contributed by atoms with van der Waals surface area (Å²) >= 11 is 5.90. The van der Waals surface area contributed by atoms with E-state index in [0.717, 1.165) is 0 Å². The van der Waals surface area contributed by atoms with Gasteiger partial charge in [0.05, 0.1) is 23.2 Å². The Morgan fingerprint density at radius 1 is 1.56 bits per heavy atom. The Hall–Kier alpha value is -1.10. The molecule has 0 aliphatic heterocycles. The van der Waals surface area contributed by atoms with Gasteiger partial charge in [-0.1, -0.05) is 23.7 Å². The molecular formula is C11H15ClN2O2.